The Morgan fingerprint density at radius 2 is 1.75 bits per heavy atom. The highest BCUT2D eigenvalue weighted by Gasteiger charge is 2.22. The first-order valence-corrected chi connectivity index (χ1v) is 9.80. The second kappa shape index (κ2) is 6.07. The number of thiophene rings is 1. The number of H-pyrrole nitrogens is 1. The molecule has 0 saturated carbocycles. The zero-order chi connectivity index (χ0) is 17.5. The number of aromatic nitrogens is 2. The molecule has 0 aliphatic rings. The molecule has 0 amide bonds. The lowest BCUT2D eigenvalue weighted by Gasteiger charge is -2.07. The number of aromatic amines is 1. The van der Waals surface area contributed by atoms with E-state index >= 15 is 0 Å². The lowest BCUT2D eigenvalue weighted by atomic mass is 10.2. The molecule has 2 heterocycles. The number of hydrogen-bond acceptors (Lipinski definition) is 4. The van der Waals surface area contributed by atoms with Gasteiger partial charge in [-0.15, -0.1) is 11.3 Å². The Morgan fingerprint density at radius 1 is 1.08 bits per heavy atom. The number of rotatable bonds is 4. The number of anilines is 1. The van der Waals surface area contributed by atoms with E-state index in [1.54, 1.807) is 18.2 Å². The first kappa shape index (κ1) is 16.7. The summed E-state index contributed by atoms with van der Waals surface area (Å²) in [6.45, 7) is 7.69. The van der Waals surface area contributed by atoms with E-state index in [0.717, 1.165) is 32.3 Å². The van der Waals surface area contributed by atoms with E-state index in [1.165, 1.54) is 11.3 Å². The molecule has 3 aromatic rings. The number of benzene rings is 1. The largest absolute Gasteiger partial charge is 0.282 e. The highest BCUT2D eigenvalue weighted by atomic mass is 32.2. The third-order valence-corrected chi connectivity index (χ3v) is 6.65. The van der Waals surface area contributed by atoms with Gasteiger partial charge in [-0.1, -0.05) is 17.7 Å². The van der Waals surface area contributed by atoms with Crippen LogP contribution in [0, 0.1) is 27.7 Å². The molecule has 7 heteroatoms. The summed E-state index contributed by atoms with van der Waals surface area (Å²) in [6, 6.07) is 8.96. The van der Waals surface area contributed by atoms with Gasteiger partial charge in [-0.2, -0.15) is 5.10 Å². The molecule has 3 rings (SSSR count). The first-order chi connectivity index (χ1) is 11.3. The second-order valence-corrected chi connectivity index (χ2v) is 8.73. The molecule has 0 fully saturated rings. The molecule has 0 spiro atoms. The van der Waals surface area contributed by atoms with Crippen molar-refractivity contribution >= 4 is 27.0 Å². The molecule has 0 bridgehead atoms. The summed E-state index contributed by atoms with van der Waals surface area (Å²) in [4.78, 5) is 1.88. The molecule has 5 nitrogen and oxygen atoms in total. The Bertz CT molecular complexity index is 984. The lowest BCUT2D eigenvalue weighted by Crippen LogP contribution is -2.13. The Kier molecular flexibility index (Phi) is 4.23. The van der Waals surface area contributed by atoms with Crippen molar-refractivity contribution in [2.75, 3.05) is 4.72 Å². The van der Waals surface area contributed by atoms with Crippen molar-refractivity contribution in [3.05, 3.63) is 52.0 Å². The van der Waals surface area contributed by atoms with Crippen LogP contribution in [0.2, 0.25) is 0 Å². The van der Waals surface area contributed by atoms with Crippen molar-refractivity contribution in [2.24, 2.45) is 0 Å². The summed E-state index contributed by atoms with van der Waals surface area (Å²) in [5, 5.41) is 7.23. The quantitative estimate of drug-likeness (QED) is 0.732. The van der Waals surface area contributed by atoms with Crippen LogP contribution < -0.4 is 4.72 Å². The second-order valence-electron chi connectivity index (χ2n) is 5.82. The standard InChI is InChI=1S/C17H19N3O2S2/c1-10-5-7-14(8-6-10)20-24(21,22)16-9-15(23-13(16)4)17-11(2)12(3)18-19-17/h5-9,20H,1-4H3,(H,18,19). The molecular formula is C17H19N3O2S2. The van der Waals surface area contributed by atoms with Gasteiger partial charge in [-0.05, 0) is 51.5 Å². The van der Waals surface area contributed by atoms with Gasteiger partial charge in [0.1, 0.15) is 10.6 Å². The van der Waals surface area contributed by atoms with Crippen LogP contribution in [0.5, 0.6) is 0 Å². The van der Waals surface area contributed by atoms with Crippen LogP contribution in [0.15, 0.2) is 35.2 Å². The summed E-state index contributed by atoms with van der Waals surface area (Å²) in [5.41, 5.74) is 4.46. The fraction of sp³-hybridized carbons (Fsp3) is 0.235. The van der Waals surface area contributed by atoms with Crippen molar-refractivity contribution in [3.8, 4) is 10.6 Å². The van der Waals surface area contributed by atoms with Crippen LogP contribution >= 0.6 is 11.3 Å². The Morgan fingerprint density at radius 3 is 2.33 bits per heavy atom. The summed E-state index contributed by atoms with van der Waals surface area (Å²) in [6.07, 6.45) is 0. The molecule has 2 aromatic heterocycles. The molecule has 2 N–H and O–H groups in total. The van der Waals surface area contributed by atoms with Crippen LogP contribution in [0.1, 0.15) is 21.7 Å². The normalized spacial score (nSPS) is 11.7. The van der Waals surface area contributed by atoms with E-state index < -0.39 is 10.0 Å². The minimum Gasteiger partial charge on any atom is -0.282 e. The summed E-state index contributed by atoms with van der Waals surface area (Å²) in [5.74, 6) is 0. The third kappa shape index (κ3) is 3.09. The number of hydrogen-bond donors (Lipinski definition) is 2. The molecule has 0 saturated heterocycles. The maximum Gasteiger partial charge on any atom is 0.263 e. The van der Waals surface area contributed by atoms with Crippen LogP contribution in [0.25, 0.3) is 10.6 Å². The van der Waals surface area contributed by atoms with Crippen LogP contribution in [0.4, 0.5) is 5.69 Å². The zero-order valence-corrected chi connectivity index (χ0v) is 15.6. The maximum absolute atomic E-state index is 12.7. The number of nitrogens with one attached hydrogen (secondary N) is 2. The fourth-order valence-corrected chi connectivity index (χ4v) is 5.10. The topological polar surface area (TPSA) is 74.8 Å². The predicted molar refractivity (Wildman–Crippen MR) is 98.1 cm³/mol. The van der Waals surface area contributed by atoms with Gasteiger partial charge in [0.05, 0.1) is 4.88 Å². The minimum absolute atomic E-state index is 0.295. The summed E-state index contributed by atoms with van der Waals surface area (Å²) < 4.78 is 28.1. The molecule has 24 heavy (non-hydrogen) atoms. The Hall–Kier alpha value is -2.12. The van der Waals surface area contributed by atoms with Crippen LogP contribution in [-0.4, -0.2) is 18.6 Å². The van der Waals surface area contributed by atoms with Gasteiger partial charge >= 0.3 is 0 Å². The van der Waals surface area contributed by atoms with Crippen molar-refractivity contribution < 1.29 is 8.42 Å². The SMILES string of the molecule is Cc1ccc(NS(=O)(=O)c2cc(-c3n[nH]c(C)c3C)sc2C)cc1. The van der Waals surface area contributed by atoms with E-state index in [-0.39, 0.29) is 0 Å². The van der Waals surface area contributed by atoms with Crippen LogP contribution in [0.3, 0.4) is 0 Å². The summed E-state index contributed by atoms with van der Waals surface area (Å²) in [7, 11) is -3.63. The predicted octanol–water partition coefficient (Wildman–Crippen LogP) is 4.17. The minimum atomic E-state index is -3.63. The van der Waals surface area contributed by atoms with Gasteiger partial charge in [-0.3, -0.25) is 9.82 Å². The van der Waals surface area contributed by atoms with Gasteiger partial charge in [0.15, 0.2) is 0 Å². The van der Waals surface area contributed by atoms with E-state index in [0.29, 0.717) is 10.6 Å². The smallest absolute Gasteiger partial charge is 0.263 e. The molecule has 126 valence electrons. The molecule has 1 aromatic carbocycles. The highest BCUT2D eigenvalue weighted by molar-refractivity contribution is 7.93. The van der Waals surface area contributed by atoms with E-state index in [4.69, 9.17) is 0 Å². The molecule has 0 aliphatic carbocycles. The van der Waals surface area contributed by atoms with Crippen LogP contribution in [-0.2, 0) is 10.0 Å². The Labute approximate surface area is 145 Å². The van der Waals surface area contributed by atoms with E-state index in [1.807, 2.05) is 39.8 Å². The highest BCUT2D eigenvalue weighted by Crippen LogP contribution is 2.35. The number of sulfonamides is 1. The summed E-state index contributed by atoms with van der Waals surface area (Å²) >= 11 is 1.43. The average Bonchev–Trinajstić information content (AvgIpc) is 3.06. The van der Waals surface area contributed by atoms with Gasteiger partial charge in [0.2, 0.25) is 0 Å². The Balaban J connectivity index is 1.97. The van der Waals surface area contributed by atoms with Gasteiger partial charge in [-0.25, -0.2) is 8.42 Å². The molecular weight excluding hydrogens is 342 g/mol. The number of aryl methyl sites for hydroxylation is 3. The maximum atomic E-state index is 12.7. The average molecular weight is 361 g/mol. The van der Waals surface area contributed by atoms with Crippen molar-refractivity contribution in [1.82, 2.24) is 10.2 Å². The zero-order valence-electron chi connectivity index (χ0n) is 14.0. The lowest BCUT2D eigenvalue weighted by molar-refractivity contribution is 0.601. The molecule has 0 atom stereocenters. The van der Waals surface area contributed by atoms with Gasteiger partial charge in [0, 0.05) is 16.3 Å². The molecule has 0 aliphatic heterocycles. The van der Waals surface area contributed by atoms with Crippen molar-refractivity contribution in [3.63, 3.8) is 0 Å². The first-order valence-electron chi connectivity index (χ1n) is 7.50. The van der Waals surface area contributed by atoms with E-state index in [9.17, 15) is 8.42 Å². The van der Waals surface area contributed by atoms with Crippen molar-refractivity contribution in [2.45, 2.75) is 32.6 Å². The fourth-order valence-electron chi connectivity index (χ4n) is 2.41. The number of nitrogens with zero attached hydrogens (tertiary/aromatic N) is 1. The molecule has 0 unspecified atom stereocenters. The molecule has 0 radical (unpaired) electrons. The van der Waals surface area contributed by atoms with E-state index in [2.05, 4.69) is 14.9 Å². The monoisotopic (exact) mass is 361 g/mol. The van der Waals surface area contributed by atoms with Gasteiger partial charge < -0.3 is 0 Å². The van der Waals surface area contributed by atoms with Crippen molar-refractivity contribution in [1.29, 1.82) is 0 Å². The third-order valence-electron chi connectivity index (χ3n) is 3.95. The van der Waals surface area contributed by atoms with Gasteiger partial charge in [0.25, 0.3) is 10.0 Å².